The van der Waals surface area contributed by atoms with Gasteiger partial charge in [0, 0.05) is 51.9 Å². The molecule has 0 bridgehead atoms. The second kappa shape index (κ2) is 12.4. The van der Waals surface area contributed by atoms with Crippen LogP contribution in [0.2, 0.25) is 0 Å². The monoisotopic (exact) mass is 493 g/mol. The number of nitrogens with zero attached hydrogens (tertiary/aromatic N) is 4. The molecule has 1 saturated carbocycles. The SMILES string of the molecule is CN=C(NCCCN(C)C1CCCCC1)N1CCC(N2CCOCC2)C1.I. The van der Waals surface area contributed by atoms with Gasteiger partial charge in [0.25, 0.3) is 0 Å². The smallest absolute Gasteiger partial charge is 0.193 e. The van der Waals surface area contributed by atoms with E-state index in [-0.39, 0.29) is 24.0 Å². The van der Waals surface area contributed by atoms with Crippen LogP contribution in [-0.2, 0) is 4.74 Å². The lowest BCUT2D eigenvalue weighted by molar-refractivity contribution is 0.0195. The van der Waals surface area contributed by atoms with Crippen LogP contribution in [0.1, 0.15) is 44.9 Å². The van der Waals surface area contributed by atoms with E-state index in [0.717, 1.165) is 57.9 Å². The fraction of sp³-hybridized carbons (Fsp3) is 0.950. The molecule has 0 aromatic rings. The molecular weight excluding hydrogens is 453 g/mol. The predicted molar refractivity (Wildman–Crippen MR) is 123 cm³/mol. The number of hydrogen-bond acceptors (Lipinski definition) is 4. The molecule has 3 aliphatic rings. The Bertz CT molecular complexity index is 438. The molecule has 158 valence electrons. The van der Waals surface area contributed by atoms with E-state index in [1.807, 2.05) is 7.05 Å². The van der Waals surface area contributed by atoms with E-state index < -0.39 is 0 Å². The van der Waals surface area contributed by atoms with Crippen LogP contribution in [0, 0.1) is 0 Å². The zero-order chi connectivity index (χ0) is 18.2. The number of rotatable bonds is 6. The Morgan fingerprint density at radius 2 is 1.85 bits per heavy atom. The highest BCUT2D eigenvalue weighted by atomic mass is 127. The molecule has 1 atom stereocenters. The zero-order valence-electron chi connectivity index (χ0n) is 17.4. The summed E-state index contributed by atoms with van der Waals surface area (Å²) in [4.78, 5) is 12.1. The first-order chi connectivity index (χ1) is 12.8. The van der Waals surface area contributed by atoms with Gasteiger partial charge in [-0.15, -0.1) is 24.0 Å². The number of aliphatic imine (C=N–C) groups is 1. The van der Waals surface area contributed by atoms with E-state index in [9.17, 15) is 0 Å². The van der Waals surface area contributed by atoms with E-state index in [1.165, 1.54) is 51.5 Å². The average Bonchev–Trinajstić information content (AvgIpc) is 3.19. The van der Waals surface area contributed by atoms with Gasteiger partial charge in [-0.2, -0.15) is 0 Å². The second-order valence-electron chi connectivity index (χ2n) is 8.14. The summed E-state index contributed by atoms with van der Waals surface area (Å²) in [5.74, 6) is 1.08. The molecule has 0 aromatic carbocycles. The molecule has 2 aliphatic heterocycles. The van der Waals surface area contributed by atoms with Crippen LogP contribution in [0.4, 0.5) is 0 Å². The molecule has 1 N–H and O–H groups in total. The highest BCUT2D eigenvalue weighted by molar-refractivity contribution is 14.0. The van der Waals surface area contributed by atoms with Crippen LogP contribution >= 0.6 is 24.0 Å². The van der Waals surface area contributed by atoms with Crippen LogP contribution in [0.5, 0.6) is 0 Å². The number of morpholine rings is 1. The fourth-order valence-electron chi connectivity index (χ4n) is 4.74. The van der Waals surface area contributed by atoms with Gasteiger partial charge in [-0.3, -0.25) is 9.89 Å². The van der Waals surface area contributed by atoms with Gasteiger partial charge in [0.2, 0.25) is 0 Å². The molecule has 6 nitrogen and oxygen atoms in total. The first kappa shape index (κ1) is 23.2. The van der Waals surface area contributed by atoms with Gasteiger partial charge < -0.3 is 19.9 Å². The fourth-order valence-corrected chi connectivity index (χ4v) is 4.74. The summed E-state index contributed by atoms with van der Waals surface area (Å²) < 4.78 is 5.49. The summed E-state index contributed by atoms with van der Waals surface area (Å²) in [5, 5.41) is 3.60. The summed E-state index contributed by atoms with van der Waals surface area (Å²) in [6, 6.07) is 1.48. The van der Waals surface area contributed by atoms with Crippen molar-refractivity contribution in [3.8, 4) is 0 Å². The lowest BCUT2D eigenvalue weighted by atomic mass is 9.94. The van der Waals surface area contributed by atoms with Crippen molar-refractivity contribution in [3.63, 3.8) is 0 Å². The topological polar surface area (TPSA) is 43.3 Å². The summed E-state index contributed by atoms with van der Waals surface area (Å²) in [5.41, 5.74) is 0. The number of hydrogen-bond donors (Lipinski definition) is 1. The normalized spacial score (nSPS) is 25.7. The van der Waals surface area contributed by atoms with Crippen molar-refractivity contribution in [2.75, 3.05) is 66.6 Å². The summed E-state index contributed by atoms with van der Waals surface area (Å²) in [6.07, 6.45) is 9.48. The van der Waals surface area contributed by atoms with E-state index in [1.54, 1.807) is 0 Å². The molecule has 3 fully saturated rings. The molecule has 7 heteroatoms. The minimum absolute atomic E-state index is 0. The number of halogens is 1. The lowest BCUT2D eigenvalue weighted by Gasteiger charge is -2.32. The van der Waals surface area contributed by atoms with Crippen LogP contribution in [0.3, 0.4) is 0 Å². The van der Waals surface area contributed by atoms with Gasteiger partial charge in [0.05, 0.1) is 13.2 Å². The standard InChI is InChI=1S/C20H39N5O.HI/c1-21-20(22-10-6-11-23(2)18-7-4-3-5-8-18)25-12-9-19(17-25)24-13-15-26-16-14-24;/h18-19H,3-17H2,1-2H3,(H,21,22);1H. The first-order valence-corrected chi connectivity index (χ1v) is 10.8. The molecule has 0 radical (unpaired) electrons. The van der Waals surface area contributed by atoms with Crippen LogP contribution < -0.4 is 5.32 Å². The minimum Gasteiger partial charge on any atom is -0.379 e. The van der Waals surface area contributed by atoms with Crippen LogP contribution in [-0.4, -0.2) is 99.3 Å². The predicted octanol–water partition coefficient (Wildman–Crippen LogP) is 2.24. The van der Waals surface area contributed by atoms with Crippen LogP contribution in [0.25, 0.3) is 0 Å². The van der Waals surface area contributed by atoms with E-state index in [2.05, 4.69) is 32.1 Å². The third-order valence-electron chi connectivity index (χ3n) is 6.41. The van der Waals surface area contributed by atoms with Crippen molar-refractivity contribution < 1.29 is 4.74 Å². The molecule has 1 aliphatic carbocycles. The van der Waals surface area contributed by atoms with E-state index in [4.69, 9.17) is 4.74 Å². The zero-order valence-corrected chi connectivity index (χ0v) is 19.7. The summed E-state index contributed by atoms with van der Waals surface area (Å²) in [7, 11) is 4.22. The first-order valence-electron chi connectivity index (χ1n) is 10.8. The highest BCUT2D eigenvalue weighted by Gasteiger charge is 2.30. The summed E-state index contributed by atoms with van der Waals surface area (Å²) in [6.45, 7) is 8.35. The molecule has 27 heavy (non-hydrogen) atoms. The van der Waals surface area contributed by atoms with Crippen molar-refractivity contribution in [2.24, 2.45) is 4.99 Å². The molecular formula is C20H40IN5O. The second-order valence-corrected chi connectivity index (χ2v) is 8.14. The minimum atomic E-state index is 0. The highest BCUT2D eigenvalue weighted by Crippen LogP contribution is 2.21. The van der Waals surface area contributed by atoms with Crippen molar-refractivity contribution in [2.45, 2.75) is 57.0 Å². The molecule has 2 heterocycles. The Labute approximate surface area is 183 Å². The van der Waals surface area contributed by atoms with Crippen LogP contribution in [0.15, 0.2) is 4.99 Å². The molecule has 2 saturated heterocycles. The van der Waals surface area contributed by atoms with Gasteiger partial charge in [0.15, 0.2) is 5.96 Å². The quantitative estimate of drug-likeness (QED) is 0.266. The van der Waals surface area contributed by atoms with Crippen molar-refractivity contribution in [1.82, 2.24) is 20.0 Å². The Morgan fingerprint density at radius 3 is 2.56 bits per heavy atom. The molecule has 3 rings (SSSR count). The molecule has 1 unspecified atom stereocenters. The number of ether oxygens (including phenoxy) is 1. The maximum Gasteiger partial charge on any atom is 0.193 e. The third-order valence-corrected chi connectivity index (χ3v) is 6.41. The average molecular weight is 493 g/mol. The molecule has 0 spiro atoms. The van der Waals surface area contributed by atoms with E-state index in [0.29, 0.717) is 6.04 Å². The Kier molecular flexibility index (Phi) is 10.7. The number of likely N-dealkylation sites (tertiary alicyclic amines) is 1. The van der Waals surface area contributed by atoms with Gasteiger partial charge in [0.1, 0.15) is 0 Å². The van der Waals surface area contributed by atoms with Gasteiger partial charge >= 0.3 is 0 Å². The van der Waals surface area contributed by atoms with Gasteiger partial charge in [-0.25, -0.2) is 0 Å². The van der Waals surface area contributed by atoms with Gasteiger partial charge in [-0.1, -0.05) is 19.3 Å². The van der Waals surface area contributed by atoms with Crippen molar-refractivity contribution in [1.29, 1.82) is 0 Å². The van der Waals surface area contributed by atoms with Gasteiger partial charge in [-0.05, 0) is 39.3 Å². The Morgan fingerprint density at radius 1 is 1.11 bits per heavy atom. The maximum atomic E-state index is 5.49. The van der Waals surface area contributed by atoms with Crippen molar-refractivity contribution in [3.05, 3.63) is 0 Å². The van der Waals surface area contributed by atoms with Crippen molar-refractivity contribution >= 4 is 29.9 Å². The molecule has 0 aromatic heterocycles. The lowest BCUT2D eigenvalue weighted by Crippen LogP contribution is -2.47. The third kappa shape index (κ3) is 7.01. The Balaban J connectivity index is 0.00000261. The number of nitrogens with one attached hydrogen (secondary N) is 1. The largest absolute Gasteiger partial charge is 0.379 e. The summed E-state index contributed by atoms with van der Waals surface area (Å²) >= 11 is 0. The number of guanidine groups is 1. The van der Waals surface area contributed by atoms with E-state index >= 15 is 0 Å². The maximum absolute atomic E-state index is 5.49. The Hall–Kier alpha value is -0.120. The molecule has 0 amide bonds.